The molecule has 4 rings (SSSR count). The summed E-state index contributed by atoms with van der Waals surface area (Å²) in [5.74, 6) is -0.527. The van der Waals surface area contributed by atoms with E-state index < -0.39 is 5.82 Å². The second-order valence-electron chi connectivity index (χ2n) is 7.37. The molecule has 9 nitrogen and oxygen atoms in total. The highest BCUT2D eigenvalue weighted by atomic mass is 19.1. The van der Waals surface area contributed by atoms with Crippen LogP contribution < -0.4 is 4.74 Å². The van der Waals surface area contributed by atoms with Gasteiger partial charge in [-0.1, -0.05) is 19.1 Å². The monoisotopic (exact) mass is 438 g/mol. The summed E-state index contributed by atoms with van der Waals surface area (Å²) in [6, 6.07) is 10.8. The highest BCUT2D eigenvalue weighted by Crippen LogP contribution is 2.19. The van der Waals surface area contributed by atoms with Gasteiger partial charge < -0.3 is 14.5 Å². The van der Waals surface area contributed by atoms with E-state index in [0.717, 1.165) is 0 Å². The Morgan fingerprint density at radius 1 is 1.16 bits per heavy atom. The average Bonchev–Trinajstić information content (AvgIpc) is 3.33. The van der Waals surface area contributed by atoms with Crippen molar-refractivity contribution in [3.8, 4) is 11.6 Å². The SMILES string of the molecule is CCC1CN(C(=O)c2ncn(-c3cccc(F)c3)n2)CCN1C(=O)c1cccc(OC)n1. The fraction of sp³-hybridized carbons (Fsp3) is 0.318. The van der Waals surface area contributed by atoms with E-state index in [1.54, 1.807) is 40.1 Å². The zero-order valence-corrected chi connectivity index (χ0v) is 17.8. The van der Waals surface area contributed by atoms with Crippen molar-refractivity contribution in [3.63, 3.8) is 0 Å². The molecule has 166 valence electrons. The van der Waals surface area contributed by atoms with Gasteiger partial charge in [0.2, 0.25) is 11.7 Å². The lowest BCUT2D eigenvalue weighted by atomic mass is 10.1. The lowest BCUT2D eigenvalue weighted by Crippen LogP contribution is -2.56. The van der Waals surface area contributed by atoms with Crippen LogP contribution in [0.15, 0.2) is 48.8 Å². The Balaban J connectivity index is 1.47. The van der Waals surface area contributed by atoms with Gasteiger partial charge in [0.1, 0.15) is 17.8 Å². The van der Waals surface area contributed by atoms with Gasteiger partial charge in [0.05, 0.1) is 12.8 Å². The van der Waals surface area contributed by atoms with Crippen LogP contribution in [0.25, 0.3) is 5.69 Å². The third-order valence-corrected chi connectivity index (χ3v) is 5.41. The van der Waals surface area contributed by atoms with Gasteiger partial charge in [0.15, 0.2) is 0 Å². The molecular formula is C22H23FN6O3. The first kappa shape index (κ1) is 21.4. The highest BCUT2D eigenvalue weighted by molar-refractivity contribution is 5.93. The summed E-state index contributed by atoms with van der Waals surface area (Å²) < 4.78 is 20.0. The van der Waals surface area contributed by atoms with Crippen molar-refractivity contribution in [3.05, 3.63) is 66.1 Å². The molecule has 3 aromatic rings. The third kappa shape index (κ3) is 4.29. The Bertz CT molecular complexity index is 1130. The van der Waals surface area contributed by atoms with Crippen LogP contribution in [0.4, 0.5) is 4.39 Å². The molecule has 0 saturated carbocycles. The number of hydrogen-bond acceptors (Lipinski definition) is 6. The molecular weight excluding hydrogens is 415 g/mol. The molecule has 1 aliphatic heterocycles. The fourth-order valence-electron chi connectivity index (χ4n) is 3.70. The van der Waals surface area contributed by atoms with Gasteiger partial charge in [-0.05, 0) is 30.7 Å². The Labute approximate surface area is 184 Å². The zero-order valence-electron chi connectivity index (χ0n) is 17.8. The Morgan fingerprint density at radius 2 is 1.97 bits per heavy atom. The number of rotatable bonds is 5. The van der Waals surface area contributed by atoms with Gasteiger partial charge >= 0.3 is 0 Å². The minimum Gasteiger partial charge on any atom is -0.481 e. The maximum Gasteiger partial charge on any atom is 0.293 e. The number of methoxy groups -OCH3 is 1. The van der Waals surface area contributed by atoms with Crippen LogP contribution in [-0.2, 0) is 0 Å². The van der Waals surface area contributed by atoms with Crippen molar-refractivity contribution in [2.24, 2.45) is 0 Å². The number of carbonyl (C=O) groups excluding carboxylic acids is 2. The summed E-state index contributed by atoms with van der Waals surface area (Å²) in [6.07, 6.45) is 2.05. The lowest BCUT2D eigenvalue weighted by molar-refractivity contribution is 0.0370. The van der Waals surface area contributed by atoms with Gasteiger partial charge in [0, 0.05) is 31.7 Å². The quantitative estimate of drug-likeness (QED) is 0.606. The highest BCUT2D eigenvalue weighted by Gasteiger charge is 2.34. The number of ether oxygens (including phenoxy) is 1. The molecule has 0 radical (unpaired) electrons. The van der Waals surface area contributed by atoms with Crippen molar-refractivity contribution in [1.82, 2.24) is 29.5 Å². The first-order valence-corrected chi connectivity index (χ1v) is 10.3. The molecule has 10 heteroatoms. The minimum absolute atomic E-state index is 0.0263. The summed E-state index contributed by atoms with van der Waals surface area (Å²) in [7, 11) is 1.50. The molecule has 1 atom stereocenters. The molecule has 1 saturated heterocycles. The van der Waals surface area contributed by atoms with Crippen LogP contribution in [0, 0.1) is 5.82 Å². The predicted molar refractivity (Wildman–Crippen MR) is 113 cm³/mol. The Hall–Kier alpha value is -3.82. The maximum absolute atomic E-state index is 13.5. The van der Waals surface area contributed by atoms with Crippen LogP contribution in [0.5, 0.6) is 5.88 Å². The van der Waals surface area contributed by atoms with E-state index >= 15 is 0 Å². The van der Waals surface area contributed by atoms with E-state index in [1.807, 2.05) is 6.92 Å². The normalized spacial score (nSPS) is 16.2. The standard InChI is InChI=1S/C22H23FN6O3/c1-3-16-13-27(10-11-28(16)21(30)18-8-5-9-19(25-18)32-2)22(31)20-24-14-29(26-20)17-7-4-6-15(23)12-17/h4-9,12,14,16H,3,10-11,13H2,1-2H3. The first-order chi connectivity index (χ1) is 15.5. The maximum atomic E-state index is 13.5. The minimum atomic E-state index is -0.400. The Kier molecular flexibility index (Phi) is 6.11. The van der Waals surface area contributed by atoms with E-state index in [0.29, 0.717) is 43.3 Å². The van der Waals surface area contributed by atoms with Crippen LogP contribution in [0.1, 0.15) is 34.5 Å². The van der Waals surface area contributed by atoms with Gasteiger partial charge in [0.25, 0.3) is 11.8 Å². The van der Waals surface area contributed by atoms with E-state index in [9.17, 15) is 14.0 Å². The molecule has 0 bridgehead atoms. The van der Waals surface area contributed by atoms with E-state index in [2.05, 4.69) is 15.1 Å². The second-order valence-corrected chi connectivity index (χ2v) is 7.37. The number of hydrogen-bond donors (Lipinski definition) is 0. The Morgan fingerprint density at radius 3 is 2.72 bits per heavy atom. The summed E-state index contributed by atoms with van der Waals surface area (Å²) >= 11 is 0. The molecule has 1 aromatic carbocycles. The molecule has 32 heavy (non-hydrogen) atoms. The van der Waals surface area contributed by atoms with Gasteiger partial charge in [-0.2, -0.15) is 0 Å². The number of nitrogens with zero attached hydrogens (tertiary/aromatic N) is 6. The number of halogens is 1. The van der Waals surface area contributed by atoms with Crippen molar-refractivity contribution in [2.75, 3.05) is 26.7 Å². The molecule has 1 aliphatic rings. The number of piperazine rings is 1. The molecule has 1 fully saturated rings. The van der Waals surface area contributed by atoms with Gasteiger partial charge in [-0.3, -0.25) is 9.59 Å². The second kappa shape index (κ2) is 9.13. The van der Waals surface area contributed by atoms with Crippen LogP contribution >= 0.6 is 0 Å². The first-order valence-electron chi connectivity index (χ1n) is 10.3. The lowest BCUT2D eigenvalue weighted by Gasteiger charge is -2.40. The topological polar surface area (TPSA) is 93.5 Å². The predicted octanol–water partition coefficient (Wildman–Crippen LogP) is 2.19. The molecule has 0 spiro atoms. The average molecular weight is 438 g/mol. The molecule has 3 heterocycles. The van der Waals surface area contributed by atoms with Crippen molar-refractivity contribution in [2.45, 2.75) is 19.4 Å². The summed E-state index contributed by atoms with van der Waals surface area (Å²) in [4.78, 5) is 37.7. The van der Waals surface area contributed by atoms with E-state index in [-0.39, 0.29) is 23.7 Å². The smallest absolute Gasteiger partial charge is 0.293 e. The van der Waals surface area contributed by atoms with Crippen molar-refractivity contribution in [1.29, 1.82) is 0 Å². The number of benzene rings is 1. The number of amides is 2. The van der Waals surface area contributed by atoms with Crippen molar-refractivity contribution < 1.29 is 18.7 Å². The fourth-order valence-corrected chi connectivity index (χ4v) is 3.70. The summed E-state index contributed by atoms with van der Waals surface area (Å²) in [6.45, 7) is 3.04. The van der Waals surface area contributed by atoms with Crippen LogP contribution in [0.3, 0.4) is 0 Å². The van der Waals surface area contributed by atoms with Crippen LogP contribution in [0.2, 0.25) is 0 Å². The molecule has 0 aliphatic carbocycles. The summed E-state index contributed by atoms with van der Waals surface area (Å²) in [5, 5.41) is 4.21. The van der Waals surface area contributed by atoms with E-state index in [1.165, 1.54) is 30.3 Å². The largest absolute Gasteiger partial charge is 0.481 e. The number of carbonyl (C=O) groups is 2. The van der Waals surface area contributed by atoms with Gasteiger partial charge in [-0.25, -0.2) is 19.0 Å². The van der Waals surface area contributed by atoms with Gasteiger partial charge in [-0.15, -0.1) is 5.10 Å². The number of pyridine rings is 1. The molecule has 1 unspecified atom stereocenters. The summed E-state index contributed by atoms with van der Waals surface area (Å²) in [5.41, 5.74) is 0.780. The van der Waals surface area contributed by atoms with Crippen LogP contribution in [-0.4, -0.2) is 74.1 Å². The molecule has 2 amide bonds. The van der Waals surface area contributed by atoms with E-state index in [4.69, 9.17) is 4.74 Å². The number of aromatic nitrogens is 4. The third-order valence-electron chi connectivity index (χ3n) is 5.41. The van der Waals surface area contributed by atoms with Crippen molar-refractivity contribution >= 4 is 11.8 Å². The molecule has 0 N–H and O–H groups in total. The zero-order chi connectivity index (χ0) is 22.7. The molecule has 2 aromatic heterocycles.